The minimum Gasteiger partial charge on any atom is -0.494 e. The lowest BCUT2D eigenvalue weighted by Gasteiger charge is -2.05. The second kappa shape index (κ2) is 7.93. The number of halogens is 1. The molecule has 0 unspecified atom stereocenters. The van der Waals surface area contributed by atoms with Crippen molar-refractivity contribution >= 4 is 11.1 Å². The molecule has 0 radical (unpaired) electrons. The lowest BCUT2D eigenvalue weighted by atomic mass is 10.1. The molecule has 0 saturated carbocycles. The van der Waals surface area contributed by atoms with Gasteiger partial charge in [0.2, 0.25) is 5.89 Å². The van der Waals surface area contributed by atoms with E-state index in [-0.39, 0.29) is 5.82 Å². The summed E-state index contributed by atoms with van der Waals surface area (Å²) in [6.07, 6.45) is 1.15. The van der Waals surface area contributed by atoms with E-state index in [2.05, 4.69) is 11.1 Å². The zero-order valence-electron chi connectivity index (χ0n) is 15.1. The van der Waals surface area contributed by atoms with E-state index in [0.717, 1.165) is 11.1 Å². The van der Waals surface area contributed by atoms with Crippen LogP contribution in [0.4, 0.5) is 4.39 Å². The third kappa shape index (κ3) is 3.72. The summed E-state index contributed by atoms with van der Waals surface area (Å²) < 4.78 is 25.7. The summed E-state index contributed by atoms with van der Waals surface area (Å²) in [4.78, 5) is 4.53. The first-order valence-corrected chi connectivity index (χ1v) is 9.00. The minimum absolute atomic E-state index is 0.275. The zero-order chi connectivity index (χ0) is 19.3. The molecule has 0 aliphatic carbocycles. The van der Waals surface area contributed by atoms with Crippen molar-refractivity contribution in [3.8, 4) is 34.4 Å². The standard InChI is InChI=1S/C23H17FN2O2/c24-20-9-2-1-8-19(20)16-10-11-21-22(15-16)28-23(26-21)17-6-5-7-18(14-17)27-13-4-3-12-25/h1-2,5-11,14-15H,3-4,13H2. The van der Waals surface area contributed by atoms with Gasteiger partial charge in [-0.25, -0.2) is 9.37 Å². The Hall–Kier alpha value is -3.65. The highest BCUT2D eigenvalue weighted by Gasteiger charge is 2.12. The normalized spacial score (nSPS) is 10.7. The number of aromatic nitrogens is 1. The molecule has 0 amide bonds. The van der Waals surface area contributed by atoms with Gasteiger partial charge in [-0.3, -0.25) is 0 Å². The van der Waals surface area contributed by atoms with Crippen LogP contribution in [0.25, 0.3) is 33.7 Å². The summed E-state index contributed by atoms with van der Waals surface area (Å²) in [6, 6.07) is 21.7. The van der Waals surface area contributed by atoms with Gasteiger partial charge in [-0.2, -0.15) is 5.26 Å². The summed E-state index contributed by atoms with van der Waals surface area (Å²) in [6.45, 7) is 0.483. The highest BCUT2D eigenvalue weighted by Crippen LogP contribution is 2.30. The molecule has 3 aromatic carbocycles. The van der Waals surface area contributed by atoms with E-state index in [1.165, 1.54) is 6.07 Å². The predicted molar refractivity (Wildman–Crippen MR) is 105 cm³/mol. The number of oxazole rings is 1. The molecule has 0 aliphatic rings. The molecule has 5 heteroatoms. The van der Waals surface area contributed by atoms with Crippen LogP contribution in [0.1, 0.15) is 12.8 Å². The number of rotatable bonds is 6. The Balaban J connectivity index is 1.62. The first-order chi connectivity index (χ1) is 13.7. The molecule has 28 heavy (non-hydrogen) atoms. The summed E-state index contributed by atoms with van der Waals surface area (Å²) in [5.74, 6) is 0.899. The Morgan fingerprint density at radius 2 is 1.89 bits per heavy atom. The molecule has 1 aromatic heterocycles. The Morgan fingerprint density at radius 1 is 1.00 bits per heavy atom. The molecule has 4 rings (SSSR count). The molecule has 4 nitrogen and oxygen atoms in total. The monoisotopic (exact) mass is 372 g/mol. The third-order valence-electron chi connectivity index (χ3n) is 4.36. The fourth-order valence-electron chi connectivity index (χ4n) is 2.97. The van der Waals surface area contributed by atoms with Gasteiger partial charge in [-0.15, -0.1) is 0 Å². The number of ether oxygens (including phenoxy) is 1. The fourth-order valence-corrected chi connectivity index (χ4v) is 2.97. The third-order valence-corrected chi connectivity index (χ3v) is 4.36. The number of hydrogen-bond donors (Lipinski definition) is 0. The number of nitriles is 1. The Morgan fingerprint density at radius 3 is 2.75 bits per heavy atom. The van der Waals surface area contributed by atoms with Gasteiger partial charge in [-0.05, 0) is 48.4 Å². The van der Waals surface area contributed by atoms with Gasteiger partial charge >= 0.3 is 0 Å². The number of hydrogen-bond acceptors (Lipinski definition) is 4. The van der Waals surface area contributed by atoms with Crippen molar-refractivity contribution in [2.45, 2.75) is 12.8 Å². The van der Waals surface area contributed by atoms with E-state index in [4.69, 9.17) is 14.4 Å². The number of unbranched alkanes of at least 4 members (excludes halogenated alkanes) is 1. The molecule has 0 aliphatic heterocycles. The average Bonchev–Trinajstić information content (AvgIpc) is 3.15. The van der Waals surface area contributed by atoms with Gasteiger partial charge in [-0.1, -0.05) is 30.3 Å². The topological polar surface area (TPSA) is 59.0 Å². The molecule has 138 valence electrons. The van der Waals surface area contributed by atoms with Crippen LogP contribution in [0.2, 0.25) is 0 Å². The van der Waals surface area contributed by atoms with Crippen molar-refractivity contribution in [1.82, 2.24) is 4.98 Å². The van der Waals surface area contributed by atoms with Gasteiger partial charge < -0.3 is 9.15 Å². The van der Waals surface area contributed by atoms with Crippen molar-refractivity contribution in [3.63, 3.8) is 0 Å². The summed E-state index contributed by atoms with van der Waals surface area (Å²) >= 11 is 0. The van der Waals surface area contributed by atoms with Crippen molar-refractivity contribution in [3.05, 3.63) is 72.5 Å². The molecule has 0 spiro atoms. The summed E-state index contributed by atoms with van der Waals surface area (Å²) in [7, 11) is 0. The van der Waals surface area contributed by atoms with Crippen LogP contribution < -0.4 is 4.74 Å². The Bertz CT molecular complexity index is 1160. The Labute approximate surface area is 161 Å². The fraction of sp³-hybridized carbons (Fsp3) is 0.130. The molecule has 0 atom stereocenters. The van der Waals surface area contributed by atoms with Crippen LogP contribution in [0.15, 0.2) is 71.1 Å². The molecule has 0 bridgehead atoms. The SMILES string of the molecule is N#CCCCOc1cccc(-c2nc3ccc(-c4ccccc4F)cc3o2)c1. The van der Waals surface area contributed by atoms with Crippen molar-refractivity contribution in [2.24, 2.45) is 0 Å². The highest BCUT2D eigenvalue weighted by molar-refractivity contribution is 5.82. The van der Waals surface area contributed by atoms with Gasteiger partial charge in [0, 0.05) is 17.5 Å². The van der Waals surface area contributed by atoms with Gasteiger partial charge in [0.1, 0.15) is 17.1 Å². The lowest BCUT2D eigenvalue weighted by Crippen LogP contribution is -1.96. The lowest BCUT2D eigenvalue weighted by molar-refractivity contribution is 0.313. The first-order valence-electron chi connectivity index (χ1n) is 9.00. The van der Waals surface area contributed by atoms with Crippen LogP contribution in [0.5, 0.6) is 5.75 Å². The van der Waals surface area contributed by atoms with E-state index in [0.29, 0.717) is 47.8 Å². The van der Waals surface area contributed by atoms with E-state index >= 15 is 0 Å². The van der Waals surface area contributed by atoms with Gasteiger partial charge in [0.25, 0.3) is 0 Å². The highest BCUT2D eigenvalue weighted by atomic mass is 19.1. The van der Waals surface area contributed by atoms with Gasteiger partial charge in [0.05, 0.1) is 12.7 Å². The molecule has 0 saturated heterocycles. The van der Waals surface area contributed by atoms with Crippen molar-refractivity contribution in [2.75, 3.05) is 6.61 Å². The maximum absolute atomic E-state index is 14.1. The second-order valence-electron chi connectivity index (χ2n) is 6.32. The van der Waals surface area contributed by atoms with Crippen LogP contribution >= 0.6 is 0 Å². The predicted octanol–water partition coefficient (Wildman–Crippen LogP) is 5.98. The number of nitrogens with zero attached hydrogens (tertiary/aromatic N) is 2. The minimum atomic E-state index is -0.275. The molecule has 0 fully saturated rings. The molecule has 1 heterocycles. The second-order valence-corrected chi connectivity index (χ2v) is 6.32. The van der Waals surface area contributed by atoms with Gasteiger partial charge in [0.15, 0.2) is 5.58 Å². The summed E-state index contributed by atoms with van der Waals surface area (Å²) in [5, 5.41) is 8.59. The molecular weight excluding hydrogens is 355 g/mol. The molecule has 4 aromatic rings. The zero-order valence-corrected chi connectivity index (χ0v) is 15.1. The largest absolute Gasteiger partial charge is 0.494 e. The van der Waals surface area contributed by atoms with E-state index in [1.807, 2.05) is 36.4 Å². The van der Waals surface area contributed by atoms with Crippen molar-refractivity contribution in [1.29, 1.82) is 5.26 Å². The van der Waals surface area contributed by atoms with Crippen LogP contribution in [-0.2, 0) is 0 Å². The molecular formula is C23H17FN2O2. The smallest absolute Gasteiger partial charge is 0.227 e. The quantitative estimate of drug-likeness (QED) is 0.390. The number of fused-ring (bicyclic) bond motifs is 1. The average molecular weight is 372 g/mol. The van der Waals surface area contributed by atoms with E-state index in [1.54, 1.807) is 24.3 Å². The van der Waals surface area contributed by atoms with Crippen LogP contribution in [-0.4, -0.2) is 11.6 Å². The Kier molecular flexibility index (Phi) is 5.03. The van der Waals surface area contributed by atoms with E-state index < -0.39 is 0 Å². The first kappa shape index (κ1) is 17.7. The maximum Gasteiger partial charge on any atom is 0.227 e. The van der Waals surface area contributed by atoms with Crippen molar-refractivity contribution < 1.29 is 13.5 Å². The van der Waals surface area contributed by atoms with Crippen LogP contribution in [0.3, 0.4) is 0 Å². The van der Waals surface area contributed by atoms with Crippen LogP contribution in [0, 0.1) is 17.1 Å². The summed E-state index contributed by atoms with van der Waals surface area (Å²) in [5.41, 5.74) is 3.35. The number of benzene rings is 3. The molecule has 0 N–H and O–H groups in total. The van der Waals surface area contributed by atoms with E-state index in [9.17, 15) is 4.39 Å². The maximum atomic E-state index is 14.1.